The average molecular weight is 341 g/mol. The lowest BCUT2D eigenvalue weighted by Crippen LogP contribution is -2.53. The van der Waals surface area contributed by atoms with Crippen LogP contribution in [0.4, 0.5) is 26.3 Å². The molecule has 0 aliphatic carbocycles. The molecule has 1 atom stereocenters. The maximum Gasteiger partial charge on any atom is 0.418 e. The third-order valence-corrected chi connectivity index (χ3v) is 4.00. The van der Waals surface area contributed by atoms with Gasteiger partial charge in [0.1, 0.15) is 6.04 Å². The fourth-order valence-electron chi connectivity index (χ4n) is 2.55. The average Bonchev–Trinajstić information content (AvgIpc) is 2.46. The predicted molar refractivity (Wildman–Crippen MR) is 71.6 cm³/mol. The van der Waals surface area contributed by atoms with Gasteiger partial charge >= 0.3 is 12.4 Å². The third-order valence-electron chi connectivity index (χ3n) is 4.00. The van der Waals surface area contributed by atoms with Crippen LogP contribution in [0.5, 0.6) is 0 Å². The number of nitrogens with zero attached hydrogens (tertiary/aromatic N) is 3. The molecule has 1 aliphatic rings. The maximum atomic E-state index is 12.9. The van der Waals surface area contributed by atoms with Gasteiger partial charge in [-0.15, -0.1) is 0 Å². The molecule has 23 heavy (non-hydrogen) atoms. The zero-order chi connectivity index (χ0) is 17.3. The summed E-state index contributed by atoms with van der Waals surface area (Å²) in [5.74, 6) is 0. The summed E-state index contributed by atoms with van der Waals surface area (Å²) in [6.45, 7) is 1.94. The van der Waals surface area contributed by atoms with E-state index in [9.17, 15) is 26.3 Å². The minimum Gasteiger partial charge on any atom is -0.295 e. The molecule has 0 N–H and O–H groups in total. The molecular weight excluding hydrogens is 324 g/mol. The Morgan fingerprint density at radius 3 is 2.22 bits per heavy atom. The first-order valence-corrected chi connectivity index (χ1v) is 7.13. The van der Waals surface area contributed by atoms with Crippen molar-refractivity contribution in [3.05, 3.63) is 29.6 Å². The minimum atomic E-state index is -4.49. The van der Waals surface area contributed by atoms with E-state index in [1.807, 2.05) is 0 Å². The number of rotatable bonds is 3. The number of piperazine rings is 1. The number of aromatic nitrogens is 1. The molecule has 2 heterocycles. The summed E-state index contributed by atoms with van der Waals surface area (Å²) < 4.78 is 76.7. The van der Waals surface area contributed by atoms with E-state index in [-0.39, 0.29) is 38.4 Å². The molecule has 1 aromatic heterocycles. The van der Waals surface area contributed by atoms with Crippen molar-refractivity contribution < 1.29 is 26.3 Å². The van der Waals surface area contributed by atoms with Crippen LogP contribution < -0.4 is 0 Å². The fraction of sp³-hybridized carbons (Fsp3) is 0.643. The Hall–Kier alpha value is -1.35. The van der Waals surface area contributed by atoms with Crippen LogP contribution in [0.3, 0.4) is 0 Å². The Kier molecular flexibility index (Phi) is 5.20. The SMILES string of the molecule is CC(N1CCN(Cc2ncccc2C(F)(F)F)CC1)C(F)(F)F. The van der Waals surface area contributed by atoms with Gasteiger partial charge in [0, 0.05) is 38.9 Å². The lowest BCUT2D eigenvalue weighted by molar-refractivity contribution is -0.182. The first kappa shape index (κ1) is 18.0. The van der Waals surface area contributed by atoms with Gasteiger partial charge in [0.25, 0.3) is 0 Å². The molecule has 130 valence electrons. The number of pyridine rings is 1. The van der Waals surface area contributed by atoms with Gasteiger partial charge in [-0.25, -0.2) is 0 Å². The van der Waals surface area contributed by atoms with Crippen molar-refractivity contribution in [2.24, 2.45) is 0 Å². The summed E-state index contributed by atoms with van der Waals surface area (Å²) in [6, 6.07) is 0.629. The summed E-state index contributed by atoms with van der Waals surface area (Å²) in [5.41, 5.74) is -0.900. The van der Waals surface area contributed by atoms with E-state index in [1.54, 1.807) is 4.90 Å². The first-order valence-electron chi connectivity index (χ1n) is 7.13. The van der Waals surface area contributed by atoms with Gasteiger partial charge in [-0.05, 0) is 19.1 Å². The standard InChI is InChI=1S/C14H17F6N3/c1-10(13(15,16)17)23-7-5-22(6-8-23)9-12-11(14(18,19)20)3-2-4-21-12/h2-4,10H,5-9H2,1H3. The van der Waals surface area contributed by atoms with E-state index >= 15 is 0 Å². The van der Waals surface area contributed by atoms with Crippen molar-refractivity contribution in [2.75, 3.05) is 26.2 Å². The van der Waals surface area contributed by atoms with Crippen molar-refractivity contribution in [3.8, 4) is 0 Å². The van der Waals surface area contributed by atoms with Crippen molar-refractivity contribution in [2.45, 2.75) is 31.9 Å². The summed E-state index contributed by atoms with van der Waals surface area (Å²) in [7, 11) is 0. The highest BCUT2D eigenvalue weighted by Crippen LogP contribution is 2.31. The van der Waals surface area contributed by atoms with E-state index in [0.717, 1.165) is 13.0 Å². The van der Waals surface area contributed by atoms with Crippen LogP contribution in [0.25, 0.3) is 0 Å². The van der Waals surface area contributed by atoms with Crippen LogP contribution in [0.15, 0.2) is 18.3 Å². The molecule has 2 rings (SSSR count). The molecule has 0 amide bonds. The first-order chi connectivity index (χ1) is 10.6. The highest BCUT2D eigenvalue weighted by Gasteiger charge is 2.41. The Balaban J connectivity index is 1.98. The number of hydrogen-bond acceptors (Lipinski definition) is 3. The third kappa shape index (κ3) is 4.57. The highest BCUT2D eigenvalue weighted by atomic mass is 19.4. The van der Waals surface area contributed by atoms with Gasteiger partial charge in [0.2, 0.25) is 0 Å². The lowest BCUT2D eigenvalue weighted by atomic mass is 10.1. The van der Waals surface area contributed by atoms with Gasteiger partial charge in [0.15, 0.2) is 0 Å². The van der Waals surface area contributed by atoms with Gasteiger partial charge in [-0.3, -0.25) is 14.8 Å². The Labute approximate surface area is 129 Å². The molecule has 1 saturated heterocycles. The molecule has 9 heteroatoms. The molecule has 1 unspecified atom stereocenters. The van der Waals surface area contributed by atoms with Crippen molar-refractivity contribution in [1.29, 1.82) is 0 Å². The second-order valence-electron chi connectivity index (χ2n) is 5.53. The van der Waals surface area contributed by atoms with Gasteiger partial charge < -0.3 is 0 Å². The van der Waals surface area contributed by atoms with Crippen molar-refractivity contribution in [3.63, 3.8) is 0 Å². The van der Waals surface area contributed by atoms with E-state index in [2.05, 4.69) is 4.98 Å². The monoisotopic (exact) mass is 341 g/mol. The summed E-state index contributed by atoms with van der Waals surface area (Å²) >= 11 is 0. The molecule has 0 radical (unpaired) electrons. The van der Waals surface area contributed by atoms with E-state index in [0.29, 0.717) is 0 Å². The Morgan fingerprint density at radius 1 is 1.09 bits per heavy atom. The predicted octanol–water partition coefficient (Wildman–Crippen LogP) is 3.17. The second kappa shape index (κ2) is 6.64. The normalized spacial score (nSPS) is 19.8. The molecule has 0 saturated carbocycles. The highest BCUT2D eigenvalue weighted by molar-refractivity contribution is 5.23. The molecular formula is C14H17F6N3. The minimum absolute atomic E-state index is 0.0239. The molecule has 1 aliphatic heterocycles. The topological polar surface area (TPSA) is 19.4 Å². The van der Waals surface area contributed by atoms with Crippen LogP contribution in [0.1, 0.15) is 18.2 Å². The zero-order valence-electron chi connectivity index (χ0n) is 12.5. The lowest BCUT2D eigenvalue weighted by Gasteiger charge is -2.38. The number of hydrogen-bond donors (Lipinski definition) is 0. The van der Waals surface area contributed by atoms with E-state index in [4.69, 9.17) is 0 Å². The molecule has 1 aromatic rings. The molecule has 0 spiro atoms. The van der Waals surface area contributed by atoms with Gasteiger partial charge in [0.05, 0.1) is 11.3 Å². The van der Waals surface area contributed by atoms with Gasteiger partial charge in [-0.2, -0.15) is 26.3 Å². The fourth-order valence-corrected chi connectivity index (χ4v) is 2.55. The summed E-state index contributed by atoms with van der Waals surface area (Å²) in [4.78, 5) is 6.76. The quantitative estimate of drug-likeness (QED) is 0.788. The van der Waals surface area contributed by atoms with Crippen molar-refractivity contribution in [1.82, 2.24) is 14.8 Å². The van der Waals surface area contributed by atoms with Crippen LogP contribution in [-0.2, 0) is 12.7 Å². The Bertz CT molecular complexity index is 520. The zero-order valence-corrected chi connectivity index (χ0v) is 12.5. The summed E-state index contributed by atoms with van der Waals surface area (Å²) in [6.07, 6.45) is -7.50. The number of halogens is 6. The molecule has 0 bridgehead atoms. The van der Waals surface area contributed by atoms with Crippen molar-refractivity contribution >= 4 is 0 Å². The van der Waals surface area contributed by atoms with Crippen LogP contribution in [0.2, 0.25) is 0 Å². The van der Waals surface area contributed by atoms with E-state index < -0.39 is 24.0 Å². The number of alkyl halides is 6. The van der Waals surface area contributed by atoms with E-state index in [1.165, 1.54) is 17.2 Å². The second-order valence-corrected chi connectivity index (χ2v) is 5.53. The molecule has 3 nitrogen and oxygen atoms in total. The molecule has 0 aromatic carbocycles. The summed E-state index contributed by atoms with van der Waals surface area (Å²) in [5, 5.41) is 0. The molecule has 1 fully saturated rings. The van der Waals surface area contributed by atoms with Crippen LogP contribution >= 0.6 is 0 Å². The largest absolute Gasteiger partial charge is 0.418 e. The Morgan fingerprint density at radius 2 is 1.70 bits per heavy atom. The smallest absolute Gasteiger partial charge is 0.295 e. The maximum absolute atomic E-state index is 12.9. The van der Waals surface area contributed by atoms with Gasteiger partial charge in [-0.1, -0.05) is 0 Å². The van der Waals surface area contributed by atoms with Crippen LogP contribution in [-0.4, -0.2) is 53.2 Å². The van der Waals surface area contributed by atoms with Crippen LogP contribution in [0, 0.1) is 0 Å².